The van der Waals surface area contributed by atoms with E-state index in [-0.39, 0.29) is 5.92 Å². The number of benzene rings is 1. The molecule has 1 aliphatic rings. The summed E-state index contributed by atoms with van der Waals surface area (Å²) in [5, 5.41) is 0. The van der Waals surface area contributed by atoms with Crippen LogP contribution in [0.5, 0.6) is 0 Å². The number of hydrogen-bond donors (Lipinski definition) is 0. The van der Waals surface area contributed by atoms with Crippen molar-refractivity contribution in [1.29, 1.82) is 0 Å². The van der Waals surface area contributed by atoms with Gasteiger partial charge in [0.05, 0.1) is 0 Å². The normalized spacial score (nSPS) is 19.0. The van der Waals surface area contributed by atoms with Gasteiger partial charge in [-0.1, -0.05) is 30.9 Å². The molecule has 1 aromatic carbocycles. The molecule has 1 saturated carbocycles. The van der Waals surface area contributed by atoms with Crippen LogP contribution in [0, 0.1) is 11.8 Å². The van der Waals surface area contributed by atoms with E-state index >= 15 is 0 Å². The molecule has 1 heteroatoms. The minimum atomic E-state index is 0.165. The highest BCUT2D eigenvalue weighted by Gasteiger charge is 2.28. The molecule has 1 unspecified atom stereocenters. The van der Waals surface area contributed by atoms with E-state index < -0.39 is 0 Å². The van der Waals surface area contributed by atoms with Crippen LogP contribution in [0.1, 0.15) is 43.2 Å². The third kappa shape index (κ3) is 2.10. The van der Waals surface area contributed by atoms with Gasteiger partial charge >= 0.3 is 0 Å². The highest BCUT2D eigenvalue weighted by Crippen LogP contribution is 2.32. The van der Waals surface area contributed by atoms with Crippen molar-refractivity contribution >= 4 is 5.78 Å². The van der Waals surface area contributed by atoms with Crippen LogP contribution in [0.2, 0.25) is 0 Å². The zero-order chi connectivity index (χ0) is 10.7. The van der Waals surface area contributed by atoms with Gasteiger partial charge in [-0.25, -0.2) is 0 Å². The molecule has 0 heterocycles. The third-order valence-corrected chi connectivity index (χ3v) is 2.79. The monoisotopic (exact) mass is 198 g/mol. The molecule has 15 heavy (non-hydrogen) atoms. The fraction of sp³-hybridized carbons (Fsp3) is 0.357. The Morgan fingerprint density at radius 3 is 2.53 bits per heavy atom. The summed E-state index contributed by atoms with van der Waals surface area (Å²) in [6.07, 6.45) is 2.64. The first-order valence-corrected chi connectivity index (χ1v) is 5.43. The lowest BCUT2D eigenvalue weighted by Crippen LogP contribution is -2.22. The fourth-order valence-corrected chi connectivity index (χ4v) is 1.75. The molecule has 76 valence electrons. The van der Waals surface area contributed by atoms with Crippen molar-refractivity contribution in [3.63, 3.8) is 0 Å². The van der Waals surface area contributed by atoms with E-state index in [0.717, 1.165) is 30.4 Å². The molecule has 0 aliphatic heterocycles. The second kappa shape index (κ2) is 4.31. The second-order valence-corrected chi connectivity index (χ2v) is 3.83. The summed E-state index contributed by atoms with van der Waals surface area (Å²) < 4.78 is 0. The molecule has 2 rings (SSSR count). The van der Waals surface area contributed by atoms with Gasteiger partial charge in [0, 0.05) is 24.3 Å². The van der Waals surface area contributed by atoms with Gasteiger partial charge in [0.2, 0.25) is 0 Å². The first kappa shape index (κ1) is 9.98. The maximum atomic E-state index is 11.3. The molecule has 0 bridgehead atoms. The maximum Gasteiger partial charge on any atom is 0.140 e. The quantitative estimate of drug-likeness (QED) is 0.634. The van der Waals surface area contributed by atoms with Crippen LogP contribution in [0.3, 0.4) is 0 Å². The number of hydrogen-bond acceptors (Lipinski definition) is 1. The number of carbonyl (C=O) groups is 1. The van der Waals surface area contributed by atoms with Crippen LogP contribution in [0.25, 0.3) is 0 Å². The van der Waals surface area contributed by atoms with Gasteiger partial charge in [-0.15, -0.1) is 0 Å². The number of carbonyl (C=O) groups excluding carboxylic acids is 1. The summed E-state index contributed by atoms with van der Waals surface area (Å²) in [4.78, 5) is 11.3. The first-order chi connectivity index (χ1) is 7.31. The Labute approximate surface area is 90.5 Å². The van der Waals surface area contributed by atoms with Crippen LogP contribution >= 0.6 is 0 Å². The number of ketones is 1. The van der Waals surface area contributed by atoms with Crippen molar-refractivity contribution in [3.05, 3.63) is 35.4 Å². The predicted molar refractivity (Wildman–Crippen MR) is 60.6 cm³/mol. The molecule has 0 N–H and O–H groups in total. The van der Waals surface area contributed by atoms with Crippen LogP contribution in [0.4, 0.5) is 0 Å². The summed E-state index contributed by atoms with van der Waals surface area (Å²) in [5.74, 6) is 6.65. The molecule has 0 radical (unpaired) electrons. The van der Waals surface area contributed by atoms with Crippen molar-refractivity contribution < 1.29 is 4.79 Å². The van der Waals surface area contributed by atoms with Crippen molar-refractivity contribution in [3.8, 4) is 11.8 Å². The zero-order valence-corrected chi connectivity index (χ0v) is 8.92. The molecule has 1 nitrogen and oxygen atoms in total. The summed E-state index contributed by atoms with van der Waals surface area (Å²) >= 11 is 0. The molecule has 0 saturated heterocycles. The summed E-state index contributed by atoms with van der Waals surface area (Å²) in [7, 11) is 0. The first-order valence-electron chi connectivity index (χ1n) is 5.43. The number of Topliss-reactive ketones (excluding diaryl/α,β-unsaturated/α-hetero) is 1. The Morgan fingerprint density at radius 1 is 1.33 bits per heavy atom. The lowest BCUT2D eigenvalue weighted by Gasteiger charge is -2.24. The maximum absolute atomic E-state index is 11.3. The Bertz CT molecular complexity index is 417. The Balaban J connectivity index is 2.13. The molecule has 1 fully saturated rings. The van der Waals surface area contributed by atoms with Gasteiger partial charge in [0.1, 0.15) is 5.78 Å². The molecule has 0 amide bonds. The van der Waals surface area contributed by atoms with E-state index in [4.69, 9.17) is 0 Å². The molecule has 0 aromatic heterocycles. The Morgan fingerprint density at radius 2 is 2.07 bits per heavy atom. The van der Waals surface area contributed by atoms with E-state index in [1.165, 1.54) is 0 Å². The van der Waals surface area contributed by atoms with Crippen LogP contribution in [-0.2, 0) is 4.79 Å². The van der Waals surface area contributed by atoms with E-state index in [1.54, 1.807) is 0 Å². The zero-order valence-electron chi connectivity index (χ0n) is 8.92. The average Bonchev–Trinajstić information content (AvgIpc) is 2.26. The van der Waals surface area contributed by atoms with Crippen LogP contribution < -0.4 is 0 Å². The molecule has 0 spiro atoms. The van der Waals surface area contributed by atoms with Crippen molar-refractivity contribution in [1.82, 2.24) is 0 Å². The molecular weight excluding hydrogens is 184 g/mol. The molecule has 1 atom stereocenters. The van der Waals surface area contributed by atoms with Gasteiger partial charge < -0.3 is 0 Å². The highest BCUT2D eigenvalue weighted by molar-refractivity contribution is 5.91. The standard InChI is InChI=1S/C14H14O/c1-2-3-4-11-5-7-12(8-6-11)13-9-10-14(13)15/h5-8,13H,2,9-10H2,1H3. The summed E-state index contributed by atoms with van der Waals surface area (Å²) in [6.45, 7) is 2.04. The van der Waals surface area contributed by atoms with E-state index in [2.05, 4.69) is 11.8 Å². The summed E-state index contributed by atoms with van der Waals surface area (Å²) in [5.41, 5.74) is 2.18. The fourth-order valence-electron chi connectivity index (χ4n) is 1.75. The van der Waals surface area contributed by atoms with E-state index in [1.807, 2.05) is 31.2 Å². The molecular formula is C14H14O. The third-order valence-electron chi connectivity index (χ3n) is 2.79. The smallest absolute Gasteiger partial charge is 0.140 e. The second-order valence-electron chi connectivity index (χ2n) is 3.83. The minimum Gasteiger partial charge on any atom is -0.299 e. The summed E-state index contributed by atoms with van der Waals surface area (Å²) in [6, 6.07) is 8.07. The van der Waals surface area contributed by atoms with Crippen molar-refractivity contribution in [2.45, 2.75) is 32.1 Å². The SMILES string of the molecule is CCC#Cc1ccc(C2CCC2=O)cc1. The van der Waals surface area contributed by atoms with Gasteiger partial charge in [-0.2, -0.15) is 0 Å². The van der Waals surface area contributed by atoms with Gasteiger partial charge in [-0.05, 0) is 24.1 Å². The van der Waals surface area contributed by atoms with Gasteiger partial charge in [0.15, 0.2) is 0 Å². The van der Waals surface area contributed by atoms with E-state index in [9.17, 15) is 4.79 Å². The van der Waals surface area contributed by atoms with E-state index in [0.29, 0.717) is 5.78 Å². The largest absolute Gasteiger partial charge is 0.299 e. The predicted octanol–water partition coefficient (Wildman–Crippen LogP) is 2.89. The molecule has 1 aliphatic carbocycles. The van der Waals surface area contributed by atoms with Crippen molar-refractivity contribution in [2.75, 3.05) is 0 Å². The molecule has 1 aromatic rings. The van der Waals surface area contributed by atoms with Gasteiger partial charge in [0.25, 0.3) is 0 Å². The average molecular weight is 198 g/mol. The Kier molecular flexibility index (Phi) is 2.87. The number of rotatable bonds is 1. The lowest BCUT2D eigenvalue weighted by molar-refractivity contribution is -0.125. The Hall–Kier alpha value is -1.55. The highest BCUT2D eigenvalue weighted by atomic mass is 16.1. The topological polar surface area (TPSA) is 17.1 Å². The minimum absolute atomic E-state index is 0.165. The van der Waals surface area contributed by atoms with Gasteiger partial charge in [-0.3, -0.25) is 4.79 Å². The van der Waals surface area contributed by atoms with Crippen molar-refractivity contribution in [2.24, 2.45) is 0 Å². The van der Waals surface area contributed by atoms with Crippen LogP contribution in [0.15, 0.2) is 24.3 Å². The lowest BCUT2D eigenvalue weighted by atomic mass is 9.78. The van der Waals surface area contributed by atoms with Crippen LogP contribution in [-0.4, -0.2) is 5.78 Å².